The number of unbranched alkanes of at least 4 members (excludes halogenated alkanes) is 2. The van der Waals surface area contributed by atoms with Gasteiger partial charge in [-0.2, -0.15) is 0 Å². The Balaban J connectivity index is 1.09. The first-order valence-electron chi connectivity index (χ1n) is 31.0. The standard InChI is InChI=1S/C65H88ClN9O15S/c1-37(2)57(70-52(91)19-12-11-13-25-75-53(77)22-23-54(75)78)59(80)69-45(17-15-24-68-62(67)83)48(76)34-43-20-21-44(33-46(43)74-26-28-87-29-27-74)60(81)72(8)41(6)61(82)89-51-35-55(79)73(9)47-32-42(31-39(4)56(47)66)30-38(3)16-14-18-50(86-10)65(85)36-49(88-63(84)71-65)40(5)58-64(51,7)90-58/h14,16,18,20-23,31-33,37,40-41,45,49-51,57-58,85H,11-13,15,17,19,24-30,34-36H2,1-10H3,(H,69,80)(H,70,91)(H,71,84)(H3,67,68,83)/b18-14+,38-16+/t40-,41+,45+,49+,50-,51+,57+,58+,64+,65+/m1/s1. The number of aryl methyl sites for hydroxylation is 1. The number of benzene rings is 2. The normalized spacial score (nSPS) is 25.4. The van der Waals surface area contributed by atoms with E-state index in [1.54, 1.807) is 51.2 Å². The van der Waals surface area contributed by atoms with Crippen LogP contribution in [0.1, 0.15) is 120 Å². The average Bonchev–Trinajstić information content (AvgIpc) is 1.59. The van der Waals surface area contributed by atoms with Gasteiger partial charge in [-0.15, -0.1) is 0 Å². The lowest BCUT2D eigenvalue weighted by Gasteiger charge is -2.42. The molecule has 8 amide bonds. The van der Waals surface area contributed by atoms with Crippen LogP contribution in [-0.4, -0.2) is 188 Å². The number of amides is 8. The van der Waals surface area contributed by atoms with E-state index in [4.69, 9.17) is 53.2 Å². The number of carbonyl (C=O) groups is 9. The first-order chi connectivity index (χ1) is 43.0. The van der Waals surface area contributed by atoms with E-state index in [9.17, 15) is 48.3 Å². The third-order valence-electron chi connectivity index (χ3n) is 17.6. The number of fused-ring (bicyclic) bond motifs is 5. The number of hydrogen-bond acceptors (Lipinski definition) is 17. The lowest BCUT2D eigenvalue weighted by molar-refractivity contribution is -0.158. The van der Waals surface area contributed by atoms with Crippen LogP contribution in [0.3, 0.4) is 0 Å². The fourth-order valence-electron chi connectivity index (χ4n) is 11.9. The molecule has 0 spiro atoms. The van der Waals surface area contributed by atoms with Crippen LogP contribution in [0.5, 0.6) is 0 Å². The molecule has 2 aromatic rings. The summed E-state index contributed by atoms with van der Waals surface area (Å²) in [5, 5.41) is 23.5. The van der Waals surface area contributed by atoms with Crippen molar-refractivity contribution in [1.82, 2.24) is 31.1 Å². The van der Waals surface area contributed by atoms with Gasteiger partial charge in [0.25, 0.3) is 17.7 Å². The number of allylic oxidation sites excluding steroid dienone is 3. The fourth-order valence-corrected chi connectivity index (χ4v) is 12.4. The maximum absolute atomic E-state index is 14.7. The van der Waals surface area contributed by atoms with E-state index in [1.807, 2.05) is 50.8 Å². The van der Waals surface area contributed by atoms with E-state index < -0.39 is 102 Å². The number of alkyl carbamates (subject to hydrolysis) is 1. The number of anilines is 2. The minimum Gasteiger partial charge on any atom is -0.457 e. The van der Waals surface area contributed by atoms with Crippen LogP contribution in [0.15, 0.2) is 66.3 Å². The number of carbonyl (C=O) groups excluding carboxylic acids is 9. The van der Waals surface area contributed by atoms with Gasteiger partial charge in [-0.3, -0.25) is 39.0 Å². The number of nitrogens with one attached hydrogen (secondary N) is 4. The minimum atomic E-state index is -1.90. The van der Waals surface area contributed by atoms with Crippen molar-refractivity contribution in [2.45, 2.75) is 167 Å². The highest BCUT2D eigenvalue weighted by Crippen LogP contribution is 2.49. The van der Waals surface area contributed by atoms with E-state index in [0.717, 1.165) is 16.7 Å². The maximum Gasteiger partial charge on any atom is 0.409 e. The van der Waals surface area contributed by atoms with Gasteiger partial charge in [0, 0.05) is 89.5 Å². The Kier molecular flexibility index (Phi) is 24.5. The summed E-state index contributed by atoms with van der Waals surface area (Å²) in [5.41, 5.74) is 6.32. The molecule has 0 unspecified atom stereocenters. The number of morpholine rings is 1. The summed E-state index contributed by atoms with van der Waals surface area (Å²) in [6.07, 6.45) is 5.45. The molecule has 7 rings (SSSR count). The lowest BCUT2D eigenvalue weighted by atomic mass is 9.83. The van der Waals surface area contributed by atoms with Crippen LogP contribution < -0.4 is 36.8 Å². The quantitative estimate of drug-likeness (QED) is 0.0265. The van der Waals surface area contributed by atoms with Crippen molar-refractivity contribution in [3.05, 3.63) is 93.6 Å². The Morgan fingerprint density at radius 3 is 2.35 bits per heavy atom. The number of thiocarbonyl (C=S) groups is 1. The molecule has 24 nitrogen and oxygen atoms in total. The highest BCUT2D eigenvalue weighted by atomic mass is 35.5. The number of aliphatic hydroxyl groups is 1. The SMILES string of the molecule is CO[C@@H]1/C=C/C=C(\C)Cc2cc(C)c(Cl)c(c2)N(C)C(=O)C[C@H](OC(=O)[C@H](C)N(C)C(=O)c2ccc(CC(=O)[C@H](CCCNC(N)=O)NC(=O)[C@@H](NC(=S)CCCCCN3C(=O)C=CC3=O)C(C)C)c(N3CCOCC3)c2)[C@]2(C)O[C@H]2[C@H](C)[C@@H]2C[C@@]1(O)NC(=O)O2. The number of hydrogen-bond donors (Lipinski definition) is 6. The molecule has 0 aliphatic carbocycles. The van der Waals surface area contributed by atoms with E-state index >= 15 is 0 Å². The number of epoxide rings is 1. The van der Waals surface area contributed by atoms with Gasteiger partial charge < -0.3 is 65.2 Å². The van der Waals surface area contributed by atoms with Gasteiger partial charge >= 0.3 is 18.1 Å². The number of likely N-dealkylation sites (N-methyl/N-ethyl adjacent to an activating group) is 1. The van der Waals surface area contributed by atoms with Gasteiger partial charge in [-0.05, 0) is 107 Å². The predicted octanol–water partition coefficient (Wildman–Crippen LogP) is 5.44. The van der Waals surface area contributed by atoms with Gasteiger partial charge in [0.2, 0.25) is 11.8 Å². The molecule has 5 heterocycles. The van der Waals surface area contributed by atoms with Gasteiger partial charge in [0.05, 0.1) is 47.5 Å². The third-order valence-corrected chi connectivity index (χ3v) is 18.4. The lowest BCUT2D eigenvalue weighted by Crippen LogP contribution is -2.63. The molecule has 0 radical (unpaired) electrons. The van der Waals surface area contributed by atoms with E-state index in [-0.39, 0.29) is 61.3 Å². The first-order valence-corrected chi connectivity index (χ1v) is 31.8. The summed E-state index contributed by atoms with van der Waals surface area (Å²) in [6, 6.07) is 4.80. The van der Waals surface area contributed by atoms with Gasteiger partial charge in [0.15, 0.2) is 11.5 Å². The first kappa shape index (κ1) is 71.2. The van der Waals surface area contributed by atoms with Gasteiger partial charge in [0.1, 0.15) is 36.0 Å². The molecule has 2 aromatic carbocycles. The summed E-state index contributed by atoms with van der Waals surface area (Å²) >= 11 is 12.6. The largest absolute Gasteiger partial charge is 0.457 e. The number of primary amides is 1. The summed E-state index contributed by atoms with van der Waals surface area (Å²) in [6.45, 7) is 14.4. The summed E-state index contributed by atoms with van der Waals surface area (Å²) in [4.78, 5) is 128. The topological polar surface area (TPSA) is 310 Å². The molecule has 5 aliphatic heterocycles. The number of nitrogens with zero attached hydrogens (tertiary/aromatic N) is 4. The molecule has 3 fully saturated rings. The maximum atomic E-state index is 14.7. The summed E-state index contributed by atoms with van der Waals surface area (Å²) < 4.78 is 29.9. The number of nitrogens with two attached hydrogens (primary N) is 1. The van der Waals surface area contributed by atoms with Crippen LogP contribution in [0.2, 0.25) is 5.02 Å². The fraction of sp³-hybridized carbons (Fsp3) is 0.569. The van der Waals surface area contributed by atoms with Gasteiger partial charge in [-0.25, -0.2) is 14.4 Å². The van der Waals surface area contributed by atoms with E-state index in [2.05, 4.69) is 21.3 Å². The van der Waals surface area contributed by atoms with Crippen molar-refractivity contribution in [2.24, 2.45) is 17.6 Å². The summed E-state index contributed by atoms with van der Waals surface area (Å²) in [5.74, 6) is -4.28. The zero-order valence-corrected chi connectivity index (χ0v) is 55.2. The van der Waals surface area contributed by atoms with Crippen molar-refractivity contribution in [2.75, 3.05) is 70.4 Å². The monoisotopic (exact) mass is 1300 g/mol. The predicted molar refractivity (Wildman–Crippen MR) is 344 cm³/mol. The second-order valence-corrected chi connectivity index (χ2v) is 25.6. The molecule has 10 atom stereocenters. The third kappa shape index (κ3) is 18.1. The van der Waals surface area contributed by atoms with E-state index in [0.29, 0.717) is 91.9 Å². The Bertz CT molecular complexity index is 3170. The van der Waals surface area contributed by atoms with Crippen LogP contribution in [0, 0.1) is 18.8 Å². The van der Waals surface area contributed by atoms with Crippen molar-refractivity contribution in [1.29, 1.82) is 0 Å². The van der Waals surface area contributed by atoms with Crippen molar-refractivity contribution in [3.63, 3.8) is 0 Å². The number of Topliss-reactive ketones (excluding diaryl/α,β-unsaturated/α-hetero) is 1. The zero-order valence-electron chi connectivity index (χ0n) is 53.6. The van der Waals surface area contributed by atoms with Crippen molar-refractivity contribution in [3.8, 4) is 0 Å². The Morgan fingerprint density at radius 2 is 1.68 bits per heavy atom. The second kappa shape index (κ2) is 31.4. The molecule has 4 bridgehead atoms. The number of urea groups is 1. The number of rotatable bonds is 23. The van der Waals surface area contributed by atoms with Crippen molar-refractivity contribution < 1.29 is 71.9 Å². The Morgan fingerprint density at radius 1 is 0.978 bits per heavy atom. The molecule has 0 aromatic heterocycles. The van der Waals surface area contributed by atoms with Crippen molar-refractivity contribution >= 4 is 93.6 Å². The number of ketones is 1. The molecule has 0 saturated carbocycles. The molecular weight excluding hydrogens is 1210 g/mol. The van der Waals surface area contributed by atoms with Gasteiger partial charge in [-0.1, -0.05) is 86.9 Å². The van der Waals surface area contributed by atoms with Crippen LogP contribution >= 0.6 is 23.8 Å². The Labute approximate surface area is 542 Å². The molecular formula is C65H88ClN9O15S. The highest BCUT2D eigenvalue weighted by Gasteiger charge is 2.64. The highest BCUT2D eigenvalue weighted by molar-refractivity contribution is 7.80. The molecule has 7 N–H and O–H groups in total. The molecule has 5 aliphatic rings. The molecule has 496 valence electrons. The van der Waals surface area contributed by atoms with Crippen LogP contribution in [0.4, 0.5) is 21.0 Å². The van der Waals surface area contributed by atoms with E-state index in [1.165, 1.54) is 47.9 Å². The smallest absolute Gasteiger partial charge is 0.409 e. The van der Waals surface area contributed by atoms with Crippen LogP contribution in [0.25, 0.3) is 0 Å². The second-order valence-electron chi connectivity index (χ2n) is 24.8. The molecule has 91 heavy (non-hydrogen) atoms. The Hall–Kier alpha value is -7.29. The number of imide groups is 1. The number of methoxy groups -OCH3 is 1. The zero-order chi connectivity index (χ0) is 66.6. The summed E-state index contributed by atoms with van der Waals surface area (Å²) in [7, 11) is 4.45. The number of ether oxygens (including phenoxy) is 5. The minimum absolute atomic E-state index is 0.116. The average molecular weight is 1300 g/mol. The number of halogens is 1. The molecule has 26 heteroatoms. The number of esters is 1. The molecule has 3 saturated heterocycles. The van der Waals surface area contributed by atoms with Crippen LogP contribution in [-0.2, 0) is 65.3 Å².